The SMILES string of the molecule is C/C(=C\Cc1ccccc1)[C@H](O[Si](c1ccccc1)(c1ccccc1)C(C)(C)C)[C@H](C)C(O)CO. The molecular formula is C31H40O3Si. The Hall–Kier alpha value is -2.50. The molecule has 186 valence electrons. The molecule has 0 heterocycles. The molecule has 3 atom stereocenters. The van der Waals surface area contributed by atoms with Crippen molar-refractivity contribution in [1.82, 2.24) is 0 Å². The van der Waals surface area contributed by atoms with Gasteiger partial charge in [-0.15, -0.1) is 0 Å². The fraction of sp³-hybridized carbons (Fsp3) is 0.355. The summed E-state index contributed by atoms with van der Waals surface area (Å²) in [4.78, 5) is 0. The Kier molecular flexibility index (Phi) is 9.25. The molecule has 1 unspecified atom stereocenters. The number of rotatable bonds is 10. The molecule has 0 spiro atoms. The summed E-state index contributed by atoms with van der Waals surface area (Å²) in [7, 11) is -2.84. The lowest BCUT2D eigenvalue weighted by Gasteiger charge is -2.47. The van der Waals surface area contributed by atoms with Crippen molar-refractivity contribution >= 4 is 18.7 Å². The van der Waals surface area contributed by atoms with E-state index in [2.05, 4.69) is 94.4 Å². The van der Waals surface area contributed by atoms with Crippen LogP contribution >= 0.6 is 0 Å². The van der Waals surface area contributed by atoms with Crippen molar-refractivity contribution in [2.24, 2.45) is 5.92 Å². The maximum absolute atomic E-state index is 10.7. The lowest BCUT2D eigenvalue weighted by molar-refractivity contribution is 0.00993. The third-order valence-corrected chi connectivity index (χ3v) is 12.0. The molecule has 0 aliphatic carbocycles. The second kappa shape index (κ2) is 12.0. The van der Waals surface area contributed by atoms with Crippen LogP contribution in [-0.2, 0) is 10.8 Å². The third-order valence-electron chi connectivity index (χ3n) is 6.94. The van der Waals surface area contributed by atoms with Gasteiger partial charge >= 0.3 is 0 Å². The lowest BCUT2D eigenvalue weighted by atomic mass is 9.92. The largest absolute Gasteiger partial charge is 0.400 e. The Morgan fingerprint density at radius 2 is 1.31 bits per heavy atom. The molecule has 0 saturated carbocycles. The third kappa shape index (κ3) is 6.20. The molecule has 0 bridgehead atoms. The van der Waals surface area contributed by atoms with Crippen molar-refractivity contribution in [3.8, 4) is 0 Å². The van der Waals surface area contributed by atoms with Gasteiger partial charge in [0.1, 0.15) is 0 Å². The molecule has 0 radical (unpaired) electrons. The summed E-state index contributed by atoms with van der Waals surface area (Å²) in [6, 6.07) is 31.5. The van der Waals surface area contributed by atoms with Gasteiger partial charge in [0.05, 0.1) is 18.8 Å². The average molecular weight is 489 g/mol. The number of allylic oxidation sites excluding steroid dienone is 1. The van der Waals surface area contributed by atoms with Crippen LogP contribution in [0.4, 0.5) is 0 Å². The van der Waals surface area contributed by atoms with Gasteiger partial charge in [-0.1, -0.05) is 125 Å². The standard InChI is InChI=1S/C31H40O3Si/c1-24(21-22-26-15-9-6-10-16-26)30(25(2)29(33)23-32)34-35(31(3,4)5,27-17-11-7-12-18-27)28-19-13-8-14-20-28/h6-21,25,29-30,32-33H,22-23H2,1-5H3/b24-21+/t25-,29?,30+/m1/s1. The molecular weight excluding hydrogens is 448 g/mol. The van der Waals surface area contributed by atoms with Crippen LogP contribution in [0, 0.1) is 5.92 Å². The van der Waals surface area contributed by atoms with Crippen LogP contribution in [-0.4, -0.2) is 37.3 Å². The van der Waals surface area contributed by atoms with Crippen LogP contribution < -0.4 is 10.4 Å². The molecule has 0 amide bonds. The van der Waals surface area contributed by atoms with Crippen molar-refractivity contribution in [3.05, 3.63) is 108 Å². The molecule has 0 aromatic heterocycles. The number of benzene rings is 3. The van der Waals surface area contributed by atoms with Gasteiger partial charge in [0.25, 0.3) is 8.32 Å². The van der Waals surface area contributed by atoms with Crippen LogP contribution in [0.25, 0.3) is 0 Å². The first-order chi connectivity index (χ1) is 16.7. The summed E-state index contributed by atoms with van der Waals surface area (Å²) >= 11 is 0. The Morgan fingerprint density at radius 1 is 0.857 bits per heavy atom. The summed E-state index contributed by atoms with van der Waals surface area (Å²) in [6.07, 6.45) is 1.76. The Morgan fingerprint density at radius 3 is 1.74 bits per heavy atom. The summed E-state index contributed by atoms with van der Waals surface area (Å²) in [6.45, 7) is 10.5. The van der Waals surface area contributed by atoms with E-state index in [0.29, 0.717) is 0 Å². The molecule has 0 aliphatic heterocycles. The fourth-order valence-electron chi connectivity index (χ4n) is 4.87. The minimum absolute atomic E-state index is 0.183. The zero-order valence-electron chi connectivity index (χ0n) is 21.7. The molecule has 3 rings (SSSR count). The van der Waals surface area contributed by atoms with Gasteiger partial charge in [-0.05, 0) is 39.9 Å². The first-order valence-electron chi connectivity index (χ1n) is 12.5. The van der Waals surface area contributed by atoms with Crippen LogP contribution in [0.3, 0.4) is 0 Å². The monoisotopic (exact) mass is 488 g/mol. The minimum Gasteiger partial charge on any atom is -0.400 e. The van der Waals surface area contributed by atoms with E-state index >= 15 is 0 Å². The average Bonchev–Trinajstić information content (AvgIpc) is 2.88. The Bertz CT molecular complexity index is 1020. The highest BCUT2D eigenvalue weighted by molar-refractivity contribution is 6.99. The van der Waals surface area contributed by atoms with Gasteiger partial charge in [0.15, 0.2) is 0 Å². The first kappa shape index (κ1) is 27.1. The normalized spacial score (nSPS) is 15.5. The van der Waals surface area contributed by atoms with E-state index in [-0.39, 0.29) is 23.7 Å². The number of hydrogen-bond donors (Lipinski definition) is 2. The smallest absolute Gasteiger partial charge is 0.261 e. The number of hydrogen-bond acceptors (Lipinski definition) is 3. The Balaban J connectivity index is 2.16. The molecule has 2 N–H and O–H groups in total. The van der Waals surface area contributed by atoms with E-state index in [1.807, 2.05) is 37.3 Å². The van der Waals surface area contributed by atoms with Gasteiger partial charge in [-0.3, -0.25) is 0 Å². The molecule has 35 heavy (non-hydrogen) atoms. The molecule has 4 heteroatoms. The van der Waals surface area contributed by atoms with Gasteiger partial charge in [0.2, 0.25) is 0 Å². The Labute approximate surface area is 212 Å². The van der Waals surface area contributed by atoms with E-state index in [0.717, 1.165) is 12.0 Å². The van der Waals surface area contributed by atoms with Gasteiger partial charge in [-0.2, -0.15) is 0 Å². The van der Waals surface area contributed by atoms with E-state index in [1.165, 1.54) is 15.9 Å². The molecule has 3 nitrogen and oxygen atoms in total. The van der Waals surface area contributed by atoms with E-state index in [9.17, 15) is 10.2 Å². The van der Waals surface area contributed by atoms with Crippen molar-refractivity contribution < 1.29 is 14.6 Å². The molecule has 3 aromatic rings. The fourth-order valence-corrected chi connectivity index (χ4v) is 9.67. The molecule has 0 fully saturated rings. The highest BCUT2D eigenvalue weighted by Crippen LogP contribution is 2.39. The van der Waals surface area contributed by atoms with E-state index in [1.54, 1.807) is 0 Å². The van der Waals surface area contributed by atoms with Gasteiger partial charge in [0, 0.05) is 5.92 Å². The zero-order chi connectivity index (χ0) is 25.5. The lowest BCUT2D eigenvalue weighted by Crippen LogP contribution is -2.68. The summed E-state index contributed by atoms with van der Waals surface area (Å²) < 4.78 is 7.41. The van der Waals surface area contributed by atoms with E-state index < -0.39 is 14.4 Å². The van der Waals surface area contributed by atoms with Crippen molar-refractivity contribution in [2.75, 3.05) is 6.61 Å². The van der Waals surface area contributed by atoms with Crippen molar-refractivity contribution in [2.45, 2.75) is 58.3 Å². The van der Waals surface area contributed by atoms with E-state index in [4.69, 9.17) is 4.43 Å². The topological polar surface area (TPSA) is 49.7 Å². The summed E-state index contributed by atoms with van der Waals surface area (Å²) in [5, 5.41) is 22.8. The zero-order valence-corrected chi connectivity index (χ0v) is 22.7. The second-order valence-corrected chi connectivity index (χ2v) is 14.7. The van der Waals surface area contributed by atoms with Gasteiger partial charge in [-0.25, -0.2) is 0 Å². The molecule has 3 aromatic carbocycles. The van der Waals surface area contributed by atoms with Gasteiger partial charge < -0.3 is 14.6 Å². The highest BCUT2D eigenvalue weighted by atomic mass is 28.4. The van der Waals surface area contributed by atoms with Crippen LogP contribution in [0.1, 0.15) is 40.2 Å². The van der Waals surface area contributed by atoms with Crippen LogP contribution in [0.5, 0.6) is 0 Å². The van der Waals surface area contributed by atoms with Crippen LogP contribution in [0.2, 0.25) is 5.04 Å². The predicted octanol–water partition coefficient (Wildman–Crippen LogP) is 5.11. The molecule has 0 saturated heterocycles. The maximum atomic E-state index is 10.7. The minimum atomic E-state index is -2.84. The van der Waals surface area contributed by atoms with Crippen LogP contribution in [0.15, 0.2) is 103 Å². The predicted molar refractivity (Wildman–Crippen MR) is 149 cm³/mol. The maximum Gasteiger partial charge on any atom is 0.261 e. The summed E-state index contributed by atoms with van der Waals surface area (Å²) in [5.41, 5.74) is 2.30. The van der Waals surface area contributed by atoms with Crippen molar-refractivity contribution in [3.63, 3.8) is 0 Å². The quantitative estimate of drug-likeness (QED) is 0.308. The highest BCUT2D eigenvalue weighted by Gasteiger charge is 2.52. The number of aliphatic hydroxyl groups excluding tert-OH is 2. The second-order valence-electron chi connectivity index (χ2n) is 10.4. The summed E-state index contributed by atoms with van der Waals surface area (Å²) in [5.74, 6) is -0.284. The first-order valence-corrected chi connectivity index (χ1v) is 14.4. The molecule has 0 aliphatic rings. The number of aliphatic hydroxyl groups is 2. The van der Waals surface area contributed by atoms with Crippen molar-refractivity contribution in [1.29, 1.82) is 0 Å².